The summed E-state index contributed by atoms with van der Waals surface area (Å²) in [7, 11) is -0.715. The molecule has 0 saturated heterocycles. The highest BCUT2D eigenvalue weighted by atomic mass is 32.2. The van der Waals surface area contributed by atoms with Gasteiger partial charge in [0.15, 0.2) is 0 Å². The van der Waals surface area contributed by atoms with Crippen LogP contribution < -0.4 is 5.32 Å². The molecule has 96 valence electrons. The van der Waals surface area contributed by atoms with Crippen LogP contribution >= 0.6 is 0 Å². The van der Waals surface area contributed by atoms with E-state index < -0.39 is 10.8 Å². The lowest BCUT2D eigenvalue weighted by Gasteiger charge is -2.13. The highest BCUT2D eigenvalue weighted by molar-refractivity contribution is 7.84. The summed E-state index contributed by atoms with van der Waals surface area (Å²) < 4.78 is 10.9. The van der Waals surface area contributed by atoms with Gasteiger partial charge < -0.3 is 10.4 Å². The average molecular weight is 255 g/mol. The Hall–Kier alpha value is -0.870. The summed E-state index contributed by atoms with van der Waals surface area (Å²) in [6.45, 7) is 2.94. The van der Waals surface area contributed by atoms with Gasteiger partial charge in [0, 0.05) is 35.4 Å². The zero-order valence-electron chi connectivity index (χ0n) is 10.5. The second kappa shape index (κ2) is 7.45. The van der Waals surface area contributed by atoms with E-state index in [1.54, 1.807) is 18.4 Å². The molecule has 0 heterocycles. The standard InChI is InChI=1S/C13H21NO2S/c1-11(14-9-10-17(2)16)3-4-12-5-7-13(15)8-6-12/h5-8,11,14-15H,3-4,9-10H2,1-2H3. The topological polar surface area (TPSA) is 49.3 Å². The van der Waals surface area contributed by atoms with Crippen LogP contribution in [-0.4, -0.2) is 33.9 Å². The monoisotopic (exact) mass is 255 g/mol. The summed E-state index contributed by atoms with van der Waals surface area (Å²) in [5, 5.41) is 12.5. The third-order valence-electron chi connectivity index (χ3n) is 2.68. The Morgan fingerprint density at radius 2 is 2.00 bits per heavy atom. The molecule has 0 aromatic heterocycles. The lowest BCUT2D eigenvalue weighted by Crippen LogP contribution is -2.30. The molecule has 17 heavy (non-hydrogen) atoms. The van der Waals surface area contributed by atoms with Gasteiger partial charge in [0.05, 0.1) is 0 Å². The molecule has 0 bridgehead atoms. The summed E-state index contributed by atoms with van der Waals surface area (Å²) in [6.07, 6.45) is 3.76. The average Bonchev–Trinajstić information content (AvgIpc) is 2.28. The number of phenols is 1. The molecule has 2 N–H and O–H groups in total. The second-order valence-electron chi connectivity index (χ2n) is 4.34. The van der Waals surface area contributed by atoms with Gasteiger partial charge in [-0.25, -0.2) is 0 Å². The van der Waals surface area contributed by atoms with E-state index in [9.17, 15) is 4.21 Å². The third-order valence-corrected chi connectivity index (χ3v) is 3.46. The largest absolute Gasteiger partial charge is 0.508 e. The maximum Gasteiger partial charge on any atom is 0.115 e. The molecular weight excluding hydrogens is 234 g/mol. The quantitative estimate of drug-likeness (QED) is 0.779. The van der Waals surface area contributed by atoms with E-state index in [2.05, 4.69) is 12.2 Å². The zero-order valence-corrected chi connectivity index (χ0v) is 11.3. The normalized spacial score (nSPS) is 14.5. The summed E-state index contributed by atoms with van der Waals surface area (Å²) >= 11 is 0. The molecule has 1 aromatic carbocycles. The van der Waals surface area contributed by atoms with Crippen molar-refractivity contribution in [2.24, 2.45) is 0 Å². The summed E-state index contributed by atoms with van der Waals surface area (Å²) in [6, 6.07) is 7.75. The molecule has 4 heteroatoms. The van der Waals surface area contributed by atoms with Gasteiger partial charge in [-0.15, -0.1) is 0 Å². The van der Waals surface area contributed by atoms with Gasteiger partial charge in [0.25, 0.3) is 0 Å². The molecular formula is C13H21NO2S. The van der Waals surface area contributed by atoms with Crippen LogP contribution in [0.1, 0.15) is 18.9 Å². The SMILES string of the molecule is CC(CCc1ccc(O)cc1)NCCS(C)=O. The molecule has 0 aliphatic rings. The highest BCUT2D eigenvalue weighted by Gasteiger charge is 2.02. The first-order valence-electron chi connectivity index (χ1n) is 5.89. The Bertz CT molecular complexity index is 351. The van der Waals surface area contributed by atoms with Gasteiger partial charge >= 0.3 is 0 Å². The van der Waals surface area contributed by atoms with Crippen LogP contribution in [0.2, 0.25) is 0 Å². The fourth-order valence-electron chi connectivity index (χ4n) is 1.60. The van der Waals surface area contributed by atoms with Crippen LogP contribution in [0.15, 0.2) is 24.3 Å². The molecule has 3 nitrogen and oxygen atoms in total. The molecule has 0 spiro atoms. The molecule has 0 amide bonds. The number of nitrogens with one attached hydrogen (secondary N) is 1. The van der Waals surface area contributed by atoms with Crippen molar-refractivity contribution in [3.05, 3.63) is 29.8 Å². The van der Waals surface area contributed by atoms with E-state index in [-0.39, 0.29) is 0 Å². The van der Waals surface area contributed by atoms with Gasteiger partial charge in [-0.1, -0.05) is 12.1 Å². The minimum absolute atomic E-state index is 0.311. The molecule has 0 aliphatic carbocycles. The Kier molecular flexibility index (Phi) is 6.22. The zero-order chi connectivity index (χ0) is 12.7. The number of phenolic OH excluding ortho intramolecular Hbond substituents is 1. The van der Waals surface area contributed by atoms with Crippen LogP contribution in [0.3, 0.4) is 0 Å². The van der Waals surface area contributed by atoms with E-state index in [1.807, 2.05) is 12.1 Å². The number of hydrogen-bond acceptors (Lipinski definition) is 3. The van der Waals surface area contributed by atoms with Crippen molar-refractivity contribution in [3.63, 3.8) is 0 Å². The van der Waals surface area contributed by atoms with E-state index >= 15 is 0 Å². The Labute approximate surface area is 106 Å². The number of rotatable bonds is 7. The Morgan fingerprint density at radius 1 is 1.35 bits per heavy atom. The van der Waals surface area contributed by atoms with E-state index in [0.29, 0.717) is 17.5 Å². The van der Waals surface area contributed by atoms with E-state index in [1.165, 1.54) is 5.56 Å². The number of hydrogen-bond donors (Lipinski definition) is 2. The Balaban J connectivity index is 2.21. The van der Waals surface area contributed by atoms with E-state index in [4.69, 9.17) is 5.11 Å². The van der Waals surface area contributed by atoms with Crippen LogP contribution in [-0.2, 0) is 17.2 Å². The van der Waals surface area contributed by atoms with Crippen LogP contribution in [0.25, 0.3) is 0 Å². The summed E-state index contributed by atoms with van der Waals surface area (Å²) in [5.41, 5.74) is 1.23. The first kappa shape index (κ1) is 14.2. The highest BCUT2D eigenvalue weighted by Crippen LogP contribution is 2.11. The number of aryl methyl sites for hydroxylation is 1. The first-order valence-corrected chi connectivity index (χ1v) is 7.62. The molecule has 2 atom stereocenters. The first-order chi connectivity index (χ1) is 8.08. The molecule has 1 rings (SSSR count). The van der Waals surface area contributed by atoms with Crippen LogP contribution in [0.4, 0.5) is 0 Å². The van der Waals surface area contributed by atoms with Crippen LogP contribution in [0.5, 0.6) is 5.75 Å². The fourth-order valence-corrected chi connectivity index (χ4v) is 2.00. The maximum absolute atomic E-state index is 10.9. The number of aromatic hydroxyl groups is 1. The molecule has 2 unspecified atom stereocenters. The van der Waals surface area contributed by atoms with Crippen molar-refractivity contribution < 1.29 is 9.32 Å². The maximum atomic E-state index is 10.9. The van der Waals surface area contributed by atoms with Crippen molar-refractivity contribution in [2.75, 3.05) is 18.6 Å². The molecule has 0 radical (unpaired) electrons. The van der Waals surface area contributed by atoms with Gasteiger partial charge in [0.1, 0.15) is 5.75 Å². The van der Waals surface area contributed by atoms with Gasteiger partial charge in [-0.05, 0) is 37.5 Å². The van der Waals surface area contributed by atoms with Gasteiger partial charge in [0.2, 0.25) is 0 Å². The molecule has 0 saturated carbocycles. The smallest absolute Gasteiger partial charge is 0.115 e. The van der Waals surface area contributed by atoms with Crippen LogP contribution in [0, 0.1) is 0 Å². The minimum Gasteiger partial charge on any atom is -0.508 e. The van der Waals surface area contributed by atoms with Crippen molar-refractivity contribution in [2.45, 2.75) is 25.8 Å². The predicted octanol–water partition coefficient (Wildman–Crippen LogP) is 1.68. The third kappa shape index (κ3) is 6.44. The Morgan fingerprint density at radius 3 is 2.59 bits per heavy atom. The van der Waals surface area contributed by atoms with Crippen molar-refractivity contribution in [1.82, 2.24) is 5.32 Å². The van der Waals surface area contributed by atoms with E-state index in [0.717, 1.165) is 19.4 Å². The fraction of sp³-hybridized carbons (Fsp3) is 0.538. The summed E-state index contributed by atoms with van der Waals surface area (Å²) in [5.74, 6) is 1.02. The minimum atomic E-state index is -0.715. The van der Waals surface area contributed by atoms with Gasteiger partial charge in [-0.2, -0.15) is 0 Å². The second-order valence-corrected chi connectivity index (χ2v) is 5.89. The predicted molar refractivity (Wildman–Crippen MR) is 72.8 cm³/mol. The van der Waals surface area contributed by atoms with Crippen molar-refractivity contribution >= 4 is 10.8 Å². The lowest BCUT2D eigenvalue weighted by atomic mass is 10.1. The van der Waals surface area contributed by atoms with Crippen molar-refractivity contribution in [3.8, 4) is 5.75 Å². The molecule has 1 aromatic rings. The lowest BCUT2D eigenvalue weighted by molar-refractivity contribution is 0.475. The molecule has 0 aliphatic heterocycles. The molecule has 0 fully saturated rings. The summed E-state index contributed by atoms with van der Waals surface area (Å²) in [4.78, 5) is 0. The van der Waals surface area contributed by atoms with Gasteiger partial charge in [-0.3, -0.25) is 4.21 Å². The number of benzene rings is 1. The van der Waals surface area contributed by atoms with Crippen molar-refractivity contribution in [1.29, 1.82) is 0 Å².